The van der Waals surface area contributed by atoms with Crippen LogP contribution in [0.4, 0.5) is 4.39 Å². The molecule has 0 bridgehead atoms. The molecule has 0 saturated carbocycles. The van der Waals surface area contributed by atoms with Crippen LogP contribution in [-0.2, 0) is 7.05 Å². The first kappa shape index (κ1) is 14.5. The number of rotatable bonds is 5. The maximum absolute atomic E-state index is 13.1. The standard InChI is InChI=1S/C15H12FN3O2S/c1-19-14(13-6-3-7-21-13)17-18-15(19)22-9-12(20)10-4-2-5-11(16)8-10/h2-8H,9H2,1H3. The zero-order chi connectivity index (χ0) is 15.5. The highest BCUT2D eigenvalue weighted by molar-refractivity contribution is 7.99. The van der Waals surface area contributed by atoms with Crippen LogP contribution in [0.5, 0.6) is 0 Å². The van der Waals surface area contributed by atoms with Crippen molar-refractivity contribution in [2.75, 3.05) is 5.75 Å². The predicted molar refractivity (Wildman–Crippen MR) is 80.2 cm³/mol. The second-order valence-electron chi connectivity index (χ2n) is 4.56. The lowest BCUT2D eigenvalue weighted by molar-refractivity contribution is 0.102. The van der Waals surface area contributed by atoms with Crippen molar-refractivity contribution in [3.63, 3.8) is 0 Å². The third-order valence-electron chi connectivity index (χ3n) is 3.06. The van der Waals surface area contributed by atoms with Crippen LogP contribution in [-0.4, -0.2) is 26.3 Å². The van der Waals surface area contributed by atoms with Crippen molar-refractivity contribution in [1.82, 2.24) is 14.8 Å². The molecule has 0 unspecified atom stereocenters. The molecule has 2 aromatic heterocycles. The summed E-state index contributed by atoms with van der Waals surface area (Å²) in [6.07, 6.45) is 1.56. The van der Waals surface area contributed by atoms with E-state index in [9.17, 15) is 9.18 Å². The number of nitrogens with zero attached hydrogens (tertiary/aromatic N) is 3. The van der Waals surface area contributed by atoms with E-state index in [4.69, 9.17) is 4.42 Å². The maximum Gasteiger partial charge on any atom is 0.200 e. The molecule has 2 heterocycles. The Morgan fingerprint density at radius 2 is 2.18 bits per heavy atom. The Morgan fingerprint density at radius 3 is 2.91 bits per heavy atom. The summed E-state index contributed by atoms with van der Waals surface area (Å²) in [5, 5.41) is 8.69. The van der Waals surface area contributed by atoms with Crippen molar-refractivity contribution < 1.29 is 13.6 Å². The largest absolute Gasteiger partial charge is 0.461 e. The number of ketones is 1. The number of benzene rings is 1. The van der Waals surface area contributed by atoms with Gasteiger partial charge < -0.3 is 8.98 Å². The van der Waals surface area contributed by atoms with E-state index in [0.717, 1.165) is 0 Å². The van der Waals surface area contributed by atoms with E-state index in [2.05, 4.69) is 10.2 Å². The quantitative estimate of drug-likeness (QED) is 0.534. The first-order valence-electron chi connectivity index (χ1n) is 6.50. The number of carbonyl (C=O) groups excluding carboxylic acids is 1. The minimum atomic E-state index is -0.422. The first-order valence-corrected chi connectivity index (χ1v) is 7.48. The van der Waals surface area contributed by atoms with Gasteiger partial charge in [0.1, 0.15) is 5.82 Å². The van der Waals surface area contributed by atoms with E-state index in [1.807, 2.05) is 0 Å². The van der Waals surface area contributed by atoms with Crippen molar-refractivity contribution in [2.45, 2.75) is 5.16 Å². The normalized spacial score (nSPS) is 10.8. The Hall–Kier alpha value is -2.41. The fourth-order valence-electron chi connectivity index (χ4n) is 1.94. The molecule has 7 heteroatoms. The molecule has 0 radical (unpaired) electrons. The van der Waals surface area contributed by atoms with Crippen LogP contribution in [0.2, 0.25) is 0 Å². The van der Waals surface area contributed by atoms with Gasteiger partial charge in [-0.25, -0.2) is 4.39 Å². The minimum Gasteiger partial charge on any atom is -0.461 e. The molecule has 22 heavy (non-hydrogen) atoms. The summed E-state index contributed by atoms with van der Waals surface area (Å²) in [5.41, 5.74) is 0.348. The van der Waals surface area contributed by atoms with Gasteiger partial charge in [0.25, 0.3) is 0 Å². The molecule has 0 N–H and O–H groups in total. The van der Waals surface area contributed by atoms with E-state index < -0.39 is 5.82 Å². The SMILES string of the molecule is Cn1c(SCC(=O)c2cccc(F)c2)nnc1-c1ccco1. The van der Waals surface area contributed by atoms with Crippen molar-refractivity contribution in [3.05, 3.63) is 54.0 Å². The van der Waals surface area contributed by atoms with E-state index in [1.54, 1.807) is 36.1 Å². The molecule has 0 aliphatic heterocycles. The zero-order valence-corrected chi connectivity index (χ0v) is 12.5. The van der Waals surface area contributed by atoms with Crippen LogP contribution >= 0.6 is 11.8 Å². The van der Waals surface area contributed by atoms with Crippen molar-refractivity contribution in [3.8, 4) is 11.6 Å². The van der Waals surface area contributed by atoms with Gasteiger partial charge in [0.05, 0.1) is 12.0 Å². The third kappa shape index (κ3) is 2.94. The molecule has 0 aliphatic carbocycles. The summed E-state index contributed by atoms with van der Waals surface area (Å²) in [5.74, 6) is 0.777. The van der Waals surface area contributed by atoms with Gasteiger partial charge >= 0.3 is 0 Å². The van der Waals surface area contributed by atoms with Gasteiger partial charge in [-0.3, -0.25) is 4.79 Å². The Morgan fingerprint density at radius 1 is 1.32 bits per heavy atom. The topological polar surface area (TPSA) is 60.9 Å². The maximum atomic E-state index is 13.1. The van der Waals surface area contributed by atoms with Gasteiger partial charge in [0.2, 0.25) is 0 Å². The average Bonchev–Trinajstić information content (AvgIpc) is 3.14. The van der Waals surface area contributed by atoms with Crippen LogP contribution in [0.15, 0.2) is 52.2 Å². The molecule has 0 amide bonds. The van der Waals surface area contributed by atoms with Crippen molar-refractivity contribution in [1.29, 1.82) is 0 Å². The molecule has 3 rings (SSSR count). The molecule has 0 atom stereocenters. The molecule has 112 valence electrons. The molecular formula is C15H12FN3O2S. The Balaban J connectivity index is 1.71. The number of aromatic nitrogens is 3. The second-order valence-corrected chi connectivity index (χ2v) is 5.51. The fourth-order valence-corrected chi connectivity index (χ4v) is 2.74. The number of furan rings is 1. The molecule has 1 aromatic carbocycles. The highest BCUT2D eigenvalue weighted by Gasteiger charge is 2.15. The van der Waals surface area contributed by atoms with E-state index >= 15 is 0 Å². The number of hydrogen-bond donors (Lipinski definition) is 0. The smallest absolute Gasteiger partial charge is 0.200 e. The minimum absolute atomic E-state index is 0.160. The van der Waals surface area contributed by atoms with E-state index in [-0.39, 0.29) is 11.5 Å². The second kappa shape index (κ2) is 6.15. The van der Waals surface area contributed by atoms with Gasteiger partial charge in [-0.05, 0) is 24.3 Å². The van der Waals surface area contributed by atoms with Gasteiger partial charge in [-0.1, -0.05) is 23.9 Å². The van der Waals surface area contributed by atoms with Crippen LogP contribution < -0.4 is 0 Å². The Labute approximate surface area is 130 Å². The number of halogens is 1. The summed E-state index contributed by atoms with van der Waals surface area (Å²) >= 11 is 1.25. The number of Topliss-reactive ketones (excluding diaryl/α,β-unsaturated/α-hetero) is 1. The molecule has 0 aliphatic rings. The predicted octanol–water partition coefficient (Wildman–Crippen LogP) is 3.19. The van der Waals surface area contributed by atoms with Crippen molar-refractivity contribution in [2.24, 2.45) is 7.05 Å². The lowest BCUT2D eigenvalue weighted by Crippen LogP contribution is -2.04. The number of carbonyl (C=O) groups is 1. The van der Waals surface area contributed by atoms with Crippen LogP contribution in [0, 0.1) is 5.82 Å². The molecule has 0 fully saturated rings. The monoisotopic (exact) mass is 317 g/mol. The Kier molecular flexibility index (Phi) is 4.06. The lowest BCUT2D eigenvalue weighted by Gasteiger charge is -2.02. The summed E-state index contributed by atoms with van der Waals surface area (Å²) < 4.78 is 20.2. The summed E-state index contributed by atoms with van der Waals surface area (Å²) in [4.78, 5) is 12.1. The summed E-state index contributed by atoms with van der Waals surface area (Å²) in [6.45, 7) is 0. The average molecular weight is 317 g/mol. The molecule has 0 saturated heterocycles. The summed E-state index contributed by atoms with van der Waals surface area (Å²) in [7, 11) is 1.80. The van der Waals surface area contributed by atoms with Crippen LogP contribution in [0.25, 0.3) is 11.6 Å². The molecule has 3 aromatic rings. The van der Waals surface area contributed by atoms with Crippen LogP contribution in [0.3, 0.4) is 0 Å². The van der Waals surface area contributed by atoms with Gasteiger partial charge in [-0.15, -0.1) is 10.2 Å². The molecular weight excluding hydrogens is 305 g/mol. The molecule has 0 spiro atoms. The van der Waals surface area contributed by atoms with E-state index in [1.165, 1.54) is 30.0 Å². The Bertz CT molecular complexity index is 799. The lowest BCUT2D eigenvalue weighted by atomic mass is 10.1. The first-order chi connectivity index (χ1) is 10.6. The van der Waals surface area contributed by atoms with E-state index in [0.29, 0.717) is 22.3 Å². The zero-order valence-electron chi connectivity index (χ0n) is 11.7. The number of thioether (sulfide) groups is 1. The third-order valence-corrected chi connectivity index (χ3v) is 4.08. The van der Waals surface area contributed by atoms with Gasteiger partial charge in [0.15, 0.2) is 22.5 Å². The van der Waals surface area contributed by atoms with Gasteiger partial charge in [-0.2, -0.15) is 0 Å². The summed E-state index contributed by atoms with van der Waals surface area (Å²) in [6, 6.07) is 9.21. The highest BCUT2D eigenvalue weighted by Crippen LogP contribution is 2.23. The van der Waals surface area contributed by atoms with Crippen molar-refractivity contribution >= 4 is 17.5 Å². The van der Waals surface area contributed by atoms with Crippen LogP contribution in [0.1, 0.15) is 10.4 Å². The molecule has 5 nitrogen and oxygen atoms in total. The van der Waals surface area contributed by atoms with Gasteiger partial charge in [0, 0.05) is 12.6 Å². The fraction of sp³-hybridized carbons (Fsp3) is 0.133. The highest BCUT2D eigenvalue weighted by atomic mass is 32.2. The number of hydrogen-bond acceptors (Lipinski definition) is 5.